The number of carbonyl (C=O) groups is 1. The Kier molecular flexibility index (Phi) is 3.53. The molecule has 0 bridgehead atoms. The Balaban J connectivity index is 1.64. The molecule has 1 aliphatic heterocycles. The van der Waals surface area contributed by atoms with Crippen LogP contribution in [0.3, 0.4) is 0 Å². The van der Waals surface area contributed by atoms with Gasteiger partial charge in [-0.2, -0.15) is 5.10 Å². The minimum atomic E-state index is -0.0730. The predicted octanol–water partition coefficient (Wildman–Crippen LogP) is 1.80. The third kappa shape index (κ3) is 2.82. The maximum Gasteiger partial charge on any atom is 0.269 e. The standard InChI is InChI=1S/C17H20N4O2/c1-23-13-4-2-3-12(7-13)14-8-15-17(22)19-10-16(21(15)20-14)18-9-11-5-6-11/h2-4,7-8,11,16,18H,5-6,9-10H2,1H3,(H,19,22). The van der Waals surface area contributed by atoms with E-state index in [1.54, 1.807) is 7.11 Å². The Morgan fingerprint density at radius 3 is 3.04 bits per heavy atom. The number of rotatable bonds is 5. The number of benzene rings is 1. The van der Waals surface area contributed by atoms with Gasteiger partial charge in [0.2, 0.25) is 0 Å². The molecule has 1 unspecified atom stereocenters. The van der Waals surface area contributed by atoms with Gasteiger partial charge in [-0.05, 0) is 43.5 Å². The van der Waals surface area contributed by atoms with Gasteiger partial charge in [0, 0.05) is 5.56 Å². The lowest BCUT2D eigenvalue weighted by Gasteiger charge is -2.25. The van der Waals surface area contributed by atoms with Gasteiger partial charge in [-0.1, -0.05) is 12.1 Å². The summed E-state index contributed by atoms with van der Waals surface area (Å²) in [6.07, 6.45) is 2.61. The lowest BCUT2D eigenvalue weighted by molar-refractivity contribution is 0.0900. The van der Waals surface area contributed by atoms with Crippen LogP contribution in [-0.4, -0.2) is 35.9 Å². The Bertz CT molecular complexity index is 736. The van der Waals surface area contributed by atoms with E-state index >= 15 is 0 Å². The van der Waals surface area contributed by atoms with E-state index in [-0.39, 0.29) is 12.1 Å². The molecule has 1 aromatic carbocycles. The Hall–Kier alpha value is -2.34. The van der Waals surface area contributed by atoms with Crippen LogP contribution in [-0.2, 0) is 0 Å². The Labute approximate surface area is 134 Å². The molecule has 0 radical (unpaired) electrons. The maximum atomic E-state index is 12.1. The fourth-order valence-corrected chi connectivity index (χ4v) is 2.87. The third-order valence-corrected chi connectivity index (χ3v) is 4.42. The number of carbonyl (C=O) groups excluding carboxylic acids is 1. The normalized spacial score (nSPS) is 20.0. The zero-order valence-electron chi connectivity index (χ0n) is 13.1. The number of nitrogens with zero attached hydrogens (tertiary/aromatic N) is 2. The van der Waals surface area contributed by atoms with E-state index in [9.17, 15) is 4.79 Å². The average molecular weight is 312 g/mol. The lowest BCUT2D eigenvalue weighted by atomic mass is 10.1. The minimum Gasteiger partial charge on any atom is -0.497 e. The van der Waals surface area contributed by atoms with Crippen molar-refractivity contribution in [2.24, 2.45) is 5.92 Å². The molecule has 120 valence electrons. The molecule has 23 heavy (non-hydrogen) atoms. The summed E-state index contributed by atoms with van der Waals surface area (Å²) in [5.74, 6) is 1.49. The van der Waals surface area contributed by atoms with Crippen LogP contribution >= 0.6 is 0 Å². The number of nitrogens with one attached hydrogen (secondary N) is 2. The molecule has 4 rings (SSSR count). The highest BCUT2D eigenvalue weighted by atomic mass is 16.5. The summed E-state index contributed by atoms with van der Waals surface area (Å²) in [5.41, 5.74) is 2.33. The molecule has 1 aliphatic carbocycles. The number of amides is 1. The van der Waals surface area contributed by atoms with Crippen molar-refractivity contribution >= 4 is 5.91 Å². The fraction of sp³-hybridized carbons (Fsp3) is 0.412. The van der Waals surface area contributed by atoms with E-state index < -0.39 is 0 Å². The van der Waals surface area contributed by atoms with Crippen molar-refractivity contribution in [3.63, 3.8) is 0 Å². The van der Waals surface area contributed by atoms with Gasteiger partial charge in [0.05, 0.1) is 19.3 Å². The Morgan fingerprint density at radius 2 is 2.26 bits per heavy atom. The summed E-state index contributed by atoms with van der Waals surface area (Å²) < 4.78 is 7.08. The van der Waals surface area contributed by atoms with Crippen molar-refractivity contribution in [3.05, 3.63) is 36.0 Å². The average Bonchev–Trinajstić information content (AvgIpc) is 3.30. The molecule has 1 atom stereocenters. The second-order valence-electron chi connectivity index (χ2n) is 6.17. The van der Waals surface area contributed by atoms with Crippen LogP contribution in [0, 0.1) is 5.92 Å². The smallest absolute Gasteiger partial charge is 0.269 e. The molecule has 6 nitrogen and oxygen atoms in total. The van der Waals surface area contributed by atoms with Gasteiger partial charge >= 0.3 is 0 Å². The van der Waals surface area contributed by atoms with E-state index in [0.29, 0.717) is 12.2 Å². The van der Waals surface area contributed by atoms with E-state index in [4.69, 9.17) is 4.74 Å². The number of hydrogen-bond acceptors (Lipinski definition) is 4. The van der Waals surface area contributed by atoms with Gasteiger partial charge in [0.15, 0.2) is 0 Å². The van der Waals surface area contributed by atoms with Crippen LogP contribution in [0.4, 0.5) is 0 Å². The lowest BCUT2D eigenvalue weighted by Crippen LogP contribution is -2.45. The van der Waals surface area contributed by atoms with Crippen molar-refractivity contribution in [3.8, 4) is 17.0 Å². The van der Waals surface area contributed by atoms with E-state index in [2.05, 4.69) is 15.7 Å². The second-order valence-corrected chi connectivity index (χ2v) is 6.17. The molecule has 2 aliphatic rings. The predicted molar refractivity (Wildman–Crippen MR) is 86.3 cm³/mol. The molecule has 1 saturated carbocycles. The van der Waals surface area contributed by atoms with Crippen LogP contribution < -0.4 is 15.4 Å². The fourth-order valence-electron chi connectivity index (χ4n) is 2.87. The molecule has 6 heteroatoms. The maximum absolute atomic E-state index is 12.1. The van der Waals surface area contributed by atoms with Gasteiger partial charge in [0.1, 0.15) is 17.6 Å². The van der Waals surface area contributed by atoms with Crippen molar-refractivity contribution in [1.29, 1.82) is 0 Å². The van der Waals surface area contributed by atoms with Crippen LogP contribution in [0.5, 0.6) is 5.75 Å². The number of fused-ring (bicyclic) bond motifs is 1. The summed E-state index contributed by atoms with van der Waals surface area (Å²) in [4.78, 5) is 12.1. The number of ether oxygens (including phenoxy) is 1. The number of hydrogen-bond donors (Lipinski definition) is 2. The molecular weight excluding hydrogens is 292 g/mol. The van der Waals surface area contributed by atoms with Gasteiger partial charge in [-0.15, -0.1) is 0 Å². The van der Waals surface area contributed by atoms with E-state index in [0.717, 1.165) is 29.5 Å². The van der Waals surface area contributed by atoms with Gasteiger partial charge < -0.3 is 10.1 Å². The number of aromatic nitrogens is 2. The summed E-state index contributed by atoms with van der Waals surface area (Å²) >= 11 is 0. The van der Waals surface area contributed by atoms with Crippen molar-refractivity contribution < 1.29 is 9.53 Å². The van der Waals surface area contributed by atoms with Gasteiger partial charge in [-0.25, -0.2) is 4.68 Å². The van der Waals surface area contributed by atoms with Crippen LogP contribution in [0.2, 0.25) is 0 Å². The molecule has 2 N–H and O–H groups in total. The largest absolute Gasteiger partial charge is 0.497 e. The SMILES string of the molecule is COc1cccc(-c2cc3n(n2)C(NCC2CC2)CNC3=O)c1. The summed E-state index contributed by atoms with van der Waals surface area (Å²) in [6, 6.07) is 9.57. The quantitative estimate of drug-likeness (QED) is 0.883. The topological polar surface area (TPSA) is 68.2 Å². The second kappa shape index (κ2) is 5.70. The van der Waals surface area contributed by atoms with Crippen molar-refractivity contribution in [1.82, 2.24) is 20.4 Å². The molecule has 0 saturated heterocycles. The molecule has 2 heterocycles. The number of methoxy groups -OCH3 is 1. The molecule has 2 aromatic rings. The first kappa shape index (κ1) is 14.3. The highest BCUT2D eigenvalue weighted by Crippen LogP contribution is 2.29. The molecule has 1 fully saturated rings. The van der Waals surface area contributed by atoms with Crippen LogP contribution in [0.1, 0.15) is 29.5 Å². The van der Waals surface area contributed by atoms with E-state index in [1.807, 2.05) is 35.0 Å². The highest BCUT2D eigenvalue weighted by Gasteiger charge is 2.29. The zero-order chi connectivity index (χ0) is 15.8. The molecule has 1 aromatic heterocycles. The van der Waals surface area contributed by atoms with Crippen molar-refractivity contribution in [2.45, 2.75) is 19.0 Å². The molecule has 1 amide bonds. The first-order valence-corrected chi connectivity index (χ1v) is 8.00. The minimum absolute atomic E-state index is 0.0163. The summed E-state index contributed by atoms with van der Waals surface area (Å²) in [6.45, 7) is 1.55. The molecular formula is C17H20N4O2. The summed E-state index contributed by atoms with van der Waals surface area (Å²) in [5, 5.41) is 11.1. The van der Waals surface area contributed by atoms with E-state index in [1.165, 1.54) is 12.8 Å². The zero-order valence-corrected chi connectivity index (χ0v) is 13.1. The van der Waals surface area contributed by atoms with Crippen molar-refractivity contribution in [2.75, 3.05) is 20.2 Å². The highest BCUT2D eigenvalue weighted by molar-refractivity contribution is 5.94. The van der Waals surface area contributed by atoms with Gasteiger partial charge in [0.25, 0.3) is 5.91 Å². The monoisotopic (exact) mass is 312 g/mol. The summed E-state index contributed by atoms with van der Waals surface area (Å²) in [7, 11) is 1.64. The van der Waals surface area contributed by atoms with Gasteiger partial charge in [-0.3, -0.25) is 10.1 Å². The third-order valence-electron chi connectivity index (χ3n) is 4.42. The van der Waals surface area contributed by atoms with Crippen LogP contribution in [0.25, 0.3) is 11.3 Å². The first-order chi connectivity index (χ1) is 11.2. The van der Waals surface area contributed by atoms with Crippen LogP contribution in [0.15, 0.2) is 30.3 Å². The Morgan fingerprint density at radius 1 is 1.39 bits per heavy atom. The molecule has 0 spiro atoms. The first-order valence-electron chi connectivity index (χ1n) is 8.00.